The van der Waals surface area contributed by atoms with Crippen LogP contribution in [0.25, 0.3) is 4.85 Å². The summed E-state index contributed by atoms with van der Waals surface area (Å²) in [5.41, 5.74) is -0.176. The van der Waals surface area contributed by atoms with Crippen LogP contribution in [0.1, 0.15) is 29.5 Å². The van der Waals surface area contributed by atoms with Gasteiger partial charge in [0.1, 0.15) is 5.82 Å². The van der Waals surface area contributed by atoms with Gasteiger partial charge in [-0.15, -0.1) is 6.61 Å². The molecule has 0 amide bonds. The van der Waals surface area contributed by atoms with Crippen LogP contribution >= 0.6 is 0 Å². The normalized spacial score (nSPS) is 11.6. The largest absolute Gasteiger partial charge is 2.00 e. The van der Waals surface area contributed by atoms with Gasteiger partial charge in [0.2, 0.25) is 0 Å². The van der Waals surface area contributed by atoms with E-state index in [0.717, 1.165) is 6.54 Å². The molecule has 0 N–H and O–H groups in total. The second-order valence-corrected chi connectivity index (χ2v) is 6.34. The van der Waals surface area contributed by atoms with Crippen molar-refractivity contribution in [3.05, 3.63) is 76.4 Å². The van der Waals surface area contributed by atoms with Crippen molar-refractivity contribution < 1.29 is 44.0 Å². The number of hydrogen-bond donors (Lipinski definition) is 0. The number of benzene rings is 2. The summed E-state index contributed by atoms with van der Waals surface area (Å²) >= 11 is 0. The van der Waals surface area contributed by atoms with E-state index >= 15 is 0 Å². The molecule has 0 aliphatic rings. The van der Waals surface area contributed by atoms with Crippen molar-refractivity contribution >= 4 is 51.8 Å². The van der Waals surface area contributed by atoms with E-state index in [9.17, 15) is 14.6 Å². The number of nitrogens with zero attached hydrogens (tertiary/aromatic N) is 2. The molecule has 148 valence electrons. The molecule has 0 aromatic heterocycles. The van der Waals surface area contributed by atoms with Crippen LogP contribution < -0.4 is 39.6 Å². The van der Waals surface area contributed by atoms with Crippen LogP contribution in [0.4, 0.5) is 10.1 Å². The fourth-order valence-corrected chi connectivity index (χ4v) is 2.96. The van der Waals surface area contributed by atoms with Crippen LogP contribution in [0.5, 0.6) is 0 Å². The van der Waals surface area contributed by atoms with E-state index in [-0.39, 0.29) is 81.9 Å². The summed E-state index contributed by atoms with van der Waals surface area (Å²) in [5.74, 6) is -0.410. The second-order valence-electron chi connectivity index (χ2n) is 6.34. The van der Waals surface area contributed by atoms with Gasteiger partial charge in [0, 0.05) is 0 Å². The summed E-state index contributed by atoms with van der Waals surface area (Å²) in [4.78, 5) is 5.31. The monoisotopic (exact) mass is 502 g/mol. The molecular formula is C20H21BrClFMg2N2O2. The Morgan fingerprint density at radius 2 is 1.69 bits per heavy atom. The molecule has 0 radical (unpaired) electrons. The van der Waals surface area contributed by atoms with E-state index in [1.54, 1.807) is 12.1 Å². The molecule has 4 nitrogen and oxygen atoms in total. The Hall–Kier alpha value is 0.0425. The van der Waals surface area contributed by atoms with Crippen molar-refractivity contribution in [2.24, 2.45) is 0 Å². The quantitative estimate of drug-likeness (QED) is 0.282. The minimum absolute atomic E-state index is 0. The van der Waals surface area contributed by atoms with Gasteiger partial charge in [-0.25, -0.2) is 9.24 Å². The number of halogens is 3. The molecule has 0 aliphatic carbocycles. The molecule has 0 saturated carbocycles. The van der Waals surface area contributed by atoms with Crippen LogP contribution in [0.2, 0.25) is 0 Å². The fourth-order valence-electron chi connectivity index (χ4n) is 2.96. The topological polar surface area (TPSA) is 53.7 Å². The maximum atomic E-state index is 13.8. The average molecular weight is 504 g/mol. The summed E-state index contributed by atoms with van der Waals surface area (Å²) < 4.78 is 13.3. The van der Waals surface area contributed by atoms with E-state index in [1.807, 2.05) is 19.0 Å². The summed E-state index contributed by atoms with van der Waals surface area (Å²) in [7, 11) is 3.86. The third kappa shape index (κ3) is 8.97. The molecule has 0 spiro atoms. The first-order valence-electron chi connectivity index (χ1n) is 8.11. The Morgan fingerprint density at radius 1 is 1.10 bits per heavy atom. The first-order valence-corrected chi connectivity index (χ1v) is 8.11. The minimum atomic E-state index is -1.65. The van der Waals surface area contributed by atoms with Crippen molar-refractivity contribution in [3.63, 3.8) is 0 Å². The van der Waals surface area contributed by atoms with Crippen LogP contribution in [0, 0.1) is 12.4 Å². The van der Waals surface area contributed by atoms with Gasteiger partial charge < -0.3 is 44.5 Å². The molecular weight excluding hydrogens is 483 g/mol. The Labute approximate surface area is 221 Å². The van der Waals surface area contributed by atoms with Crippen molar-refractivity contribution in [1.29, 1.82) is 0 Å². The zero-order valence-corrected chi connectivity index (χ0v) is 21.8. The van der Waals surface area contributed by atoms with Gasteiger partial charge in [-0.1, -0.05) is 59.0 Å². The Kier molecular flexibility index (Phi) is 18.3. The summed E-state index contributed by atoms with van der Waals surface area (Å²) in [6.07, 6.45) is 0.915. The third-order valence-corrected chi connectivity index (χ3v) is 4.25. The SMILES string of the molecule is [Br-].[C-]#[N+]c1ccc(C([O-])(CCCN(C)C)c2ccc(F)cc2)c(C[O-])c1.[Cl-].[Mg+2].[Mg+2]. The fraction of sp³-hybridized carbons (Fsp3) is 0.350. The molecule has 2 aromatic carbocycles. The van der Waals surface area contributed by atoms with E-state index in [0.29, 0.717) is 28.8 Å². The Bertz CT molecular complexity index is 776. The number of hydrogen-bond acceptors (Lipinski definition) is 3. The van der Waals surface area contributed by atoms with Crippen molar-refractivity contribution in [3.8, 4) is 0 Å². The molecule has 0 fully saturated rings. The van der Waals surface area contributed by atoms with Gasteiger partial charge in [0.15, 0.2) is 5.69 Å². The standard InChI is InChI=1S/C20H21FN2O2.BrH.ClH.2Mg/c1-22-18-9-10-19(15(13-18)14-24)20(25,11-4-12-23(2)3)16-5-7-17(21)8-6-16;;;;/h5-10,13H,4,11-12,14H2,2-3H3;2*1H;;/q-2;;;2*+2/p-2. The summed E-state index contributed by atoms with van der Waals surface area (Å²) in [5, 5.41) is 25.4. The molecule has 2 rings (SSSR count). The first kappa shape index (κ1) is 33.7. The average Bonchev–Trinajstić information content (AvgIpc) is 2.61. The third-order valence-electron chi connectivity index (χ3n) is 4.25. The van der Waals surface area contributed by atoms with Crippen LogP contribution in [-0.4, -0.2) is 71.6 Å². The van der Waals surface area contributed by atoms with Gasteiger partial charge in [-0.3, -0.25) is 0 Å². The molecule has 29 heavy (non-hydrogen) atoms. The maximum absolute atomic E-state index is 13.8. The van der Waals surface area contributed by atoms with Crippen LogP contribution in [-0.2, 0) is 12.2 Å². The number of rotatable bonds is 7. The predicted octanol–water partition coefficient (Wildman–Crippen LogP) is -4.57. The van der Waals surface area contributed by atoms with Crippen molar-refractivity contribution in [2.75, 3.05) is 20.6 Å². The van der Waals surface area contributed by atoms with E-state index in [4.69, 9.17) is 6.57 Å². The minimum Gasteiger partial charge on any atom is -1.00 e. The van der Waals surface area contributed by atoms with Crippen molar-refractivity contribution in [1.82, 2.24) is 4.90 Å². The van der Waals surface area contributed by atoms with E-state index in [1.165, 1.54) is 30.3 Å². The maximum Gasteiger partial charge on any atom is 2.00 e. The van der Waals surface area contributed by atoms with Gasteiger partial charge in [0.05, 0.1) is 6.57 Å². The molecule has 0 aliphatic heterocycles. The molecule has 9 heteroatoms. The van der Waals surface area contributed by atoms with Gasteiger partial charge in [0.25, 0.3) is 0 Å². The zero-order valence-electron chi connectivity index (χ0n) is 16.6. The van der Waals surface area contributed by atoms with Crippen molar-refractivity contribution in [2.45, 2.75) is 25.0 Å². The molecule has 0 bridgehead atoms. The zero-order chi connectivity index (χ0) is 18.4. The Balaban J connectivity index is -0.00000169. The smallest absolute Gasteiger partial charge is 1.00 e. The molecule has 0 saturated heterocycles. The summed E-state index contributed by atoms with van der Waals surface area (Å²) in [6.45, 7) is 7.25. The van der Waals surface area contributed by atoms with Crippen LogP contribution in [0.15, 0.2) is 42.5 Å². The van der Waals surface area contributed by atoms with Crippen LogP contribution in [0.3, 0.4) is 0 Å². The van der Waals surface area contributed by atoms with E-state index in [2.05, 4.69) is 4.85 Å². The van der Waals surface area contributed by atoms with Gasteiger partial charge in [-0.05, 0) is 39.2 Å². The Morgan fingerprint density at radius 3 is 2.17 bits per heavy atom. The van der Waals surface area contributed by atoms with Gasteiger partial charge >= 0.3 is 46.1 Å². The first-order chi connectivity index (χ1) is 11.9. The molecule has 0 heterocycles. The predicted molar refractivity (Wildman–Crippen MR) is 103 cm³/mol. The van der Waals surface area contributed by atoms with Gasteiger partial charge in [-0.2, -0.15) is 0 Å². The molecule has 1 unspecified atom stereocenters. The second kappa shape index (κ2) is 15.8. The summed E-state index contributed by atoms with van der Waals surface area (Å²) in [6, 6.07) is 10.1. The molecule has 2 aromatic rings. The molecule has 1 atom stereocenters. The van der Waals surface area contributed by atoms with E-state index < -0.39 is 18.0 Å².